The maximum absolute atomic E-state index is 13.6. The minimum atomic E-state index is -0.440. The van der Waals surface area contributed by atoms with Crippen LogP contribution in [0.3, 0.4) is 0 Å². The monoisotopic (exact) mass is 322 g/mol. The summed E-state index contributed by atoms with van der Waals surface area (Å²) in [6.07, 6.45) is 0. The number of rotatable bonds is 3. The van der Waals surface area contributed by atoms with Crippen LogP contribution in [0.15, 0.2) is 40.9 Å². The third-order valence-corrected chi connectivity index (χ3v) is 3.24. The fraction of sp³-hybridized carbons (Fsp3) is 0.0714. The predicted octanol–water partition coefficient (Wildman–Crippen LogP) is 4.21. The molecular weight excluding hydrogens is 314 g/mol. The van der Waals surface area contributed by atoms with Crippen LogP contribution >= 0.6 is 15.9 Å². The van der Waals surface area contributed by atoms with Gasteiger partial charge in [-0.25, -0.2) is 8.78 Å². The molecule has 0 aliphatic carbocycles. The van der Waals surface area contributed by atoms with Gasteiger partial charge in [0.15, 0.2) is 0 Å². The van der Waals surface area contributed by atoms with Crippen molar-refractivity contribution in [1.82, 2.24) is 0 Å². The summed E-state index contributed by atoms with van der Waals surface area (Å²) in [7, 11) is 0. The summed E-state index contributed by atoms with van der Waals surface area (Å²) in [5.41, 5.74) is 1.39. The highest BCUT2D eigenvalue weighted by molar-refractivity contribution is 9.10. The molecule has 2 aromatic rings. The van der Waals surface area contributed by atoms with Crippen molar-refractivity contribution in [3.8, 4) is 6.07 Å². The smallest absolute Gasteiger partial charge is 0.129 e. The minimum Gasteiger partial charge on any atom is -0.380 e. The Morgan fingerprint density at radius 1 is 1.16 bits per heavy atom. The van der Waals surface area contributed by atoms with Crippen LogP contribution in [0.5, 0.6) is 0 Å². The summed E-state index contributed by atoms with van der Waals surface area (Å²) in [4.78, 5) is 0. The van der Waals surface area contributed by atoms with E-state index in [1.807, 2.05) is 6.07 Å². The van der Waals surface area contributed by atoms with E-state index in [-0.39, 0.29) is 17.9 Å². The van der Waals surface area contributed by atoms with Gasteiger partial charge < -0.3 is 5.32 Å². The summed E-state index contributed by atoms with van der Waals surface area (Å²) in [6.45, 7) is 0.252. The second-order valence-corrected chi connectivity index (χ2v) is 4.75. The van der Waals surface area contributed by atoms with Gasteiger partial charge in [-0.1, -0.05) is 6.07 Å². The number of nitrogens with zero attached hydrogens (tertiary/aromatic N) is 1. The molecule has 2 rings (SSSR count). The van der Waals surface area contributed by atoms with Crippen molar-refractivity contribution >= 4 is 21.6 Å². The summed E-state index contributed by atoms with van der Waals surface area (Å²) < 4.78 is 27.1. The molecule has 1 N–H and O–H groups in total. The molecule has 0 aliphatic heterocycles. The zero-order chi connectivity index (χ0) is 13.8. The molecule has 0 aromatic heterocycles. The van der Waals surface area contributed by atoms with Crippen molar-refractivity contribution in [1.29, 1.82) is 5.26 Å². The molecule has 2 aromatic carbocycles. The molecule has 0 unspecified atom stereocenters. The maximum atomic E-state index is 13.6. The van der Waals surface area contributed by atoms with E-state index < -0.39 is 5.82 Å². The fourth-order valence-corrected chi connectivity index (χ4v) is 2.07. The molecule has 0 heterocycles. The van der Waals surface area contributed by atoms with E-state index in [4.69, 9.17) is 5.26 Å². The van der Waals surface area contributed by atoms with Crippen LogP contribution in [0.4, 0.5) is 14.5 Å². The number of nitrogens with one attached hydrogen (secondary N) is 1. The highest BCUT2D eigenvalue weighted by atomic mass is 79.9. The summed E-state index contributed by atoms with van der Waals surface area (Å²) in [6, 6.07) is 10.4. The van der Waals surface area contributed by atoms with Crippen LogP contribution in [0, 0.1) is 23.0 Å². The van der Waals surface area contributed by atoms with Crippen LogP contribution in [-0.2, 0) is 6.54 Å². The quantitative estimate of drug-likeness (QED) is 0.918. The first kappa shape index (κ1) is 13.5. The lowest BCUT2D eigenvalue weighted by molar-refractivity contribution is 0.612. The van der Waals surface area contributed by atoms with Gasteiger partial charge in [-0.2, -0.15) is 5.26 Å². The zero-order valence-electron chi connectivity index (χ0n) is 9.75. The van der Waals surface area contributed by atoms with Gasteiger partial charge in [-0.3, -0.25) is 0 Å². The average Bonchev–Trinajstić information content (AvgIpc) is 2.39. The van der Waals surface area contributed by atoms with Crippen LogP contribution < -0.4 is 5.32 Å². The molecule has 0 amide bonds. The lowest BCUT2D eigenvalue weighted by Gasteiger charge is -2.09. The molecule has 0 spiro atoms. The summed E-state index contributed by atoms with van der Waals surface area (Å²) in [5.74, 6) is -0.785. The Hall–Kier alpha value is -1.93. The first-order valence-electron chi connectivity index (χ1n) is 5.47. The maximum Gasteiger partial charge on any atom is 0.129 e. The molecule has 0 saturated carbocycles. The van der Waals surface area contributed by atoms with E-state index >= 15 is 0 Å². The third-order valence-electron chi connectivity index (χ3n) is 2.58. The second kappa shape index (κ2) is 5.81. The van der Waals surface area contributed by atoms with Crippen molar-refractivity contribution in [3.63, 3.8) is 0 Å². The van der Waals surface area contributed by atoms with Crippen LogP contribution in [-0.4, -0.2) is 0 Å². The Bertz CT molecular complexity index is 650. The first-order chi connectivity index (χ1) is 9.10. The van der Waals surface area contributed by atoms with E-state index in [2.05, 4.69) is 21.2 Å². The molecule has 0 bridgehead atoms. The van der Waals surface area contributed by atoms with Gasteiger partial charge in [0, 0.05) is 22.3 Å². The Kier molecular flexibility index (Phi) is 4.13. The van der Waals surface area contributed by atoms with Crippen LogP contribution in [0.2, 0.25) is 0 Å². The molecule has 0 aliphatic rings. The van der Waals surface area contributed by atoms with Crippen molar-refractivity contribution in [2.24, 2.45) is 0 Å². The van der Waals surface area contributed by atoms with E-state index in [9.17, 15) is 8.78 Å². The van der Waals surface area contributed by atoms with E-state index in [1.54, 1.807) is 18.2 Å². The van der Waals surface area contributed by atoms with E-state index in [1.165, 1.54) is 18.2 Å². The molecule has 0 radical (unpaired) electrons. The number of hydrogen-bond acceptors (Lipinski definition) is 2. The molecule has 0 fully saturated rings. The second-order valence-electron chi connectivity index (χ2n) is 3.90. The van der Waals surface area contributed by atoms with Crippen molar-refractivity contribution < 1.29 is 8.78 Å². The number of halogens is 3. The fourth-order valence-electron chi connectivity index (χ4n) is 1.58. The average molecular weight is 323 g/mol. The number of benzene rings is 2. The number of nitriles is 1. The van der Waals surface area contributed by atoms with Crippen molar-refractivity contribution in [2.75, 3.05) is 5.32 Å². The predicted molar refractivity (Wildman–Crippen MR) is 72.5 cm³/mol. The highest BCUT2D eigenvalue weighted by Crippen LogP contribution is 2.24. The number of hydrogen-bond donors (Lipinski definition) is 1. The molecule has 96 valence electrons. The SMILES string of the molecule is N#Cc1ccc(CNc2ccc(F)cc2Br)c(F)c1. The molecule has 2 nitrogen and oxygen atoms in total. The molecule has 19 heavy (non-hydrogen) atoms. The normalized spacial score (nSPS) is 10.0. The van der Waals surface area contributed by atoms with Gasteiger partial charge in [0.25, 0.3) is 0 Å². The lowest BCUT2D eigenvalue weighted by Crippen LogP contribution is -2.02. The molecule has 0 saturated heterocycles. The van der Waals surface area contributed by atoms with Crippen molar-refractivity contribution in [2.45, 2.75) is 6.54 Å². The Balaban J connectivity index is 2.13. The Morgan fingerprint density at radius 2 is 1.95 bits per heavy atom. The van der Waals surface area contributed by atoms with Crippen LogP contribution in [0.25, 0.3) is 0 Å². The molecule has 5 heteroatoms. The first-order valence-corrected chi connectivity index (χ1v) is 6.27. The van der Waals surface area contributed by atoms with Gasteiger partial charge in [0.2, 0.25) is 0 Å². The van der Waals surface area contributed by atoms with Gasteiger partial charge in [-0.15, -0.1) is 0 Å². The van der Waals surface area contributed by atoms with Crippen LogP contribution in [0.1, 0.15) is 11.1 Å². The Labute approximate surface area is 117 Å². The minimum absolute atomic E-state index is 0.252. The van der Waals surface area contributed by atoms with E-state index in [0.717, 1.165) is 0 Å². The lowest BCUT2D eigenvalue weighted by atomic mass is 10.1. The zero-order valence-corrected chi connectivity index (χ0v) is 11.3. The number of anilines is 1. The summed E-state index contributed by atoms with van der Waals surface area (Å²) in [5, 5.41) is 11.6. The topological polar surface area (TPSA) is 35.8 Å². The molecular formula is C14H9BrF2N2. The summed E-state index contributed by atoms with van der Waals surface area (Å²) >= 11 is 3.22. The molecule has 0 atom stereocenters. The van der Waals surface area contributed by atoms with Gasteiger partial charge in [0.05, 0.1) is 11.6 Å². The standard InChI is InChI=1S/C14H9BrF2N2/c15-12-6-11(16)3-4-14(12)19-8-10-2-1-9(7-18)5-13(10)17/h1-6,19H,8H2. The van der Waals surface area contributed by atoms with Gasteiger partial charge in [-0.05, 0) is 46.3 Å². The van der Waals surface area contributed by atoms with Crippen molar-refractivity contribution in [3.05, 3.63) is 63.6 Å². The highest BCUT2D eigenvalue weighted by Gasteiger charge is 2.05. The largest absolute Gasteiger partial charge is 0.380 e. The third kappa shape index (κ3) is 3.30. The van der Waals surface area contributed by atoms with Gasteiger partial charge >= 0.3 is 0 Å². The van der Waals surface area contributed by atoms with E-state index in [0.29, 0.717) is 15.7 Å². The Morgan fingerprint density at radius 3 is 2.58 bits per heavy atom. The van der Waals surface area contributed by atoms with Gasteiger partial charge in [0.1, 0.15) is 11.6 Å².